The van der Waals surface area contributed by atoms with Gasteiger partial charge in [-0.1, -0.05) is 29.3 Å². The van der Waals surface area contributed by atoms with Crippen LogP contribution in [0.5, 0.6) is 0 Å². The van der Waals surface area contributed by atoms with E-state index >= 15 is 0 Å². The highest BCUT2D eigenvalue weighted by Crippen LogP contribution is 2.33. The molecule has 0 fully saturated rings. The number of hydrogen-bond donors (Lipinski definition) is 3. The van der Waals surface area contributed by atoms with Gasteiger partial charge in [-0.25, -0.2) is 8.42 Å². The first-order chi connectivity index (χ1) is 19.7. The van der Waals surface area contributed by atoms with E-state index in [2.05, 4.69) is 74.7 Å². The van der Waals surface area contributed by atoms with Gasteiger partial charge < -0.3 is 10.3 Å². The second-order valence-corrected chi connectivity index (χ2v) is 12.5. The molecule has 3 N–H and O–H groups in total. The van der Waals surface area contributed by atoms with E-state index in [1.165, 1.54) is 33.2 Å². The molecule has 10 heteroatoms. The quantitative estimate of drug-likeness (QED) is 0.176. The first-order valence-electron chi connectivity index (χ1n) is 13.9. The average Bonchev–Trinajstić information content (AvgIpc) is 3.50. The second kappa shape index (κ2) is 12.2. The summed E-state index contributed by atoms with van der Waals surface area (Å²) in [6.45, 7) is 7.98. The molecule has 0 amide bonds. The third-order valence-electron chi connectivity index (χ3n) is 7.15. The molecule has 3 aromatic carbocycles. The van der Waals surface area contributed by atoms with Gasteiger partial charge in [0.25, 0.3) is 0 Å². The van der Waals surface area contributed by atoms with Crippen molar-refractivity contribution in [1.82, 2.24) is 30.5 Å². The molecule has 0 aliphatic carbocycles. The number of aromatic amines is 1. The van der Waals surface area contributed by atoms with Gasteiger partial charge in [0.1, 0.15) is 0 Å². The molecule has 0 bridgehead atoms. The van der Waals surface area contributed by atoms with E-state index in [0.717, 1.165) is 67.8 Å². The first-order valence-corrected chi connectivity index (χ1v) is 15.8. The lowest BCUT2D eigenvalue weighted by atomic mass is 9.99. The Kier molecular flexibility index (Phi) is 8.51. The van der Waals surface area contributed by atoms with Gasteiger partial charge in [0, 0.05) is 22.3 Å². The van der Waals surface area contributed by atoms with Gasteiger partial charge >= 0.3 is 0 Å². The summed E-state index contributed by atoms with van der Waals surface area (Å²) in [5.41, 5.74) is 9.97. The van der Waals surface area contributed by atoms with E-state index in [9.17, 15) is 8.42 Å². The number of benzene rings is 3. The Hall–Kier alpha value is -4.02. The Bertz CT molecular complexity index is 1740. The minimum Gasteiger partial charge on any atom is -0.354 e. The molecular formula is C31H37N7O2S. The van der Waals surface area contributed by atoms with Crippen molar-refractivity contribution in [2.75, 3.05) is 24.1 Å². The van der Waals surface area contributed by atoms with Crippen molar-refractivity contribution in [2.24, 2.45) is 0 Å². The average molecular weight is 572 g/mol. The Morgan fingerprint density at radius 1 is 0.878 bits per heavy atom. The van der Waals surface area contributed by atoms with Crippen LogP contribution in [0.2, 0.25) is 0 Å². The largest absolute Gasteiger partial charge is 0.354 e. The predicted molar refractivity (Wildman–Crippen MR) is 165 cm³/mol. The number of sulfonamides is 1. The maximum atomic E-state index is 11.4. The Labute approximate surface area is 241 Å². The van der Waals surface area contributed by atoms with Crippen LogP contribution in [-0.2, 0) is 22.9 Å². The fraction of sp³-hybridized carbons (Fsp3) is 0.323. The van der Waals surface area contributed by atoms with E-state index < -0.39 is 10.0 Å². The van der Waals surface area contributed by atoms with Crippen LogP contribution in [0.15, 0.2) is 60.7 Å². The molecule has 0 aliphatic heterocycles. The van der Waals surface area contributed by atoms with Crippen molar-refractivity contribution >= 4 is 26.6 Å². The Morgan fingerprint density at radius 2 is 1.63 bits per heavy atom. The number of rotatable bonds is 12. The number of nitrogens with one attached hydrogen (secondary N) is 3. The maximum absolute atomic E-state index is 11.4. The maximum Gasteiger partial charge on any atom is 0.229 e. The summed E-state index contributed by atoms with van der Waals surface area (Å²) in [6, 6.07) is 20.6. The molecule has 0 unspecified atom stereocenters. The monoisotopic (exact) mass is 571 g/mol. The molecule has 5 rings (SSSR count). The zero-order chi connectivity index (χ0) is 29.0. The molecule has 9 nitrogen and oxygen atoms in total. The van der Waals surface area contributed by atoms with E-state index in [-0.39, 0.29) is 0 Å². The van der Waals surface area contributed by atoms with Gasteiger partial charge in [0.2, 0.25) is 10.0 Å². The second-order valence-electron chi connectivity index (χ2n) is 10.8. The van der Waals surface area contributed by atoms with E-state index in [1.54, 1.807) is 4.68 Å². The van der Waals surface area contributed by atoms with E-state index in [1.807, 2.05) is 37.3 Å². The topological polar surface area (TPSA) is 118 Å². The number of H-pyrrole nitrogens is 1. The number of fused-ring (bicyclic) bond motifs is 1. The smallest absolute Gasteiger partial charge is 0.229 e. The number of nitrogens with zero attached hydrogens (tertiary/aromatic N) is 4. The highest BCUT2D eigenvalue weighted by Gasteiger charge is 2.16. The molecule has 0 spiro atoms. The summed E-state index contributed by atoms with van der Waals surface area (Å²) >= 11 is 0. The summed E-state index contributed by atoms with van der Waals surface area (Å²) < 4.78 is 27.0. The van der Waals surface area contributed by atoms with Crippen LogP contribution < -0.4 is 10.0 Å². The van der Waals surface area contributed by atoms with Crippen LogP contribution >= 0.6 is 0 Å². The zero-order valence-corrected chi connectivity index (χ0v) is 24.8. The number of tetrazole rings is 1. The highest BCUT2D eigenvalue weighted by molar-refractivity contribution is 7.92. The van der Waals surface area contributed by atoms with Crippen LogP contribution in [0.3, 0.4) is 0 Å². The Balaban J connectivity index is 1.24. The van der Waals surface area contributed by atoms with Gasteiger partial charge in [0.05, 0.1) is 11.9 Å². The van der Waals surface area contributed by atoms with Crippen molar-refractivity contribution in [2.45, 2.75) is 46.5 Å². The van der Waals surface area contributed by atoms with Crippen molar-refractivity contribution < 1.29 is 8.42 Å². The SMILES string of the molecule is Cc1cc(C)cc(-c2[nH]c3ccc(-n4nnnc4C)cc3c2CCNCCCCc2ccc(NS(C)(=O)=O)cc2)c1. The van der Waals surface area contributed by atoms with Gasteiger partial charge in [-0.3, -0.25) is 4.72 Å². The van der Waals surface area contributed by atoms with Crippen molar-refractivity contribution in [3.05, 3.63) is 88.7 Å². The molecule has 0 radical (unpaired) electrons. The summed E-state index contributed by atoms with van der Waals surface area (Å²) in [5, 5.41) is 16.8. The number of hydrogen-bond acceptors (Lipinski definition) is 6. The number of aryl methyl sites for hydroxylation is 4. The molecule has 2 heterocycles. The third-order valence-corrected chi connectivity index (χ3v) is 7.75. The van der Waals surface area contributed by atoms with Crippen LogP contribution in [0.25, 0.3) is 27.8 Å². The van der Waals surface area contributed by atoms with Gasteiger partial charge in [-0.15, -0.1) is 5.10 Å². The Morgan fingerprint density at radius 3 is 2.32 bits per heavy atom. The zero-order valence-electron chi connectivity index (χ0n) is 24.0. The van der Waals surface area contributed by atoms with E-state index in [0.29, 0.717) is 5.69 Å². The van der Waals surface area contributed by atoms with Crippen LogP contribution in [0.4, 0.5) is 5.69 Å². The fourth-order valence-corrected chi connectivity index (χ4v) is 5.90. The summed E-state index contributed by atoms with van der Waals surface area (Å²) in [5.74, 6) is 0.749. The lowest BCUT2D eigenvalue weighted by molar-refractivity contribution is 0.607. The van der Waals surface area contributed by atoms with Crippen LogP contribution in [-0.4, -0.2) is 53.0 Å². The standard InChI is InChI=1S/C31H37N7O2S/c1-21-17-22(2)19-25(18-21)31-28(29-20-27(12-13-30(29)33-31)38-23(3)34-36-37-38)14-16-32-15-6-5-7-24-8-10-26(11-9-24)35-41(4,39)40/h8-13,17-20,32-33,35H,5-7,14-16H2,1-4H3. The lowest BCUT2D eigenvalue weighted by Crippen LogP contribution is -2.18. The van der Waals surface area contributed by atoms with Gasteiger partial charge in [0.15, 0.2) is 5.82 Å². The number of aromatic nitrogens is 5. The molecule has 0 saturated heterocycles. The third kappa shape index (κ3) is 7.20. The minimum atomic E-state index is -3.25. The van der Waals surface area contributed by atoms with Crippen molar-refractivity contribution in [1.29, 1.82) is 0 Å². The van der Waals surface area contributed by atoms with Crippen LogP contribution in [0, 0.1) is 20.8 Å². The van der Waals surface area contributed by atoms with Crippen molar-refractivity contribution in [3.8, 4) is 16.9 Å². The molecule has 5 aromatic rings. The molecule has 41 heavy (non-hydrogen) atoms. The van der Waals surface area contributed by atoms with Crippen molar-refractivity contribution in [3.63, 3.8) is 0 Å². The van der Waals surface area contributed by atoms with E-state index in [4.69, 9.17) is 0 Å². The normalized spacial score (nSPS) is 11.8. The number of anilines is 1. The fourth-order valence-electron chi connectivity index (χ4n) is 5.33. The van der Waals surface area contributed by atoms with Gasteiger partial charge in [-0.05, 0) is 129 Å². The molecule has 0 aliphatic rings. The lowest BCUT2D eigenvalue weighted by Gasteiger charge is -2.10. The van der Waals surface area contributed by atoms with Gasteiger partial charge in [-0.2, -0.15) is 4.68 Å². The molecule has 2 aromatic heterocycles. The number of unbranched alkanes of at least 4 members (excludes halogenated alkanes) is 1. The van der Waals surface area contributed by atoms with Crippen LogP contribution in [0.1, 0.15) is 40.9 Å². The molecule has 0 atom stereocenters. The summed E-state index contributed by atoms with van der Waals surface area (Å²) in [7, 11) is -3.25. The molecule has 0 saturated carbocycles. The molecule has 214 valence electrons. The summed E-state index contributed by atoms with van der Waals surface area (Å²) in [4.78, 5) is 3.69. The summed E-state index contributed by atoms with van der Waals surface area (Å²) in [6.07, 6.45) is 5.12. The first kappa shape index (κ1) is 28.5. The highest BCUT2D eigenvalue weighted by atomic mass is 32.2. The minimum absolute atomic E-state index is 0.593. The molecular weight excluding hydrogens is 534 g/mol. The predicted octanol–water partition coefficient (Wildman–Crippen LogP) is 5.26.